The lowest BCUT2D eigenvalue weighted by Crippen LogP contribution is -2.41. The van der Waals surface area contributed by atoms with Crippen molar-refractivity contribution in [2.45, 2.75) is 36.2 Å². The molecule has 0 amide bonds. The van der Waals surface area contributed by atoms with Crippen molar-refractivity contribution in [2.24, 2.45) is 0 Å². The van der Waals surface area contributed by atoms with Gasteiger partial charge in [0.05, 0.1) is 12.2 Å². The van der Waals surface area contributed by atoms with E-state index in [2.05, 4.69) is 0 Å². The fourth-order valence-electron chi connectivity index (χ4n) is 3.01. The van der Waals surface area contributed by atoms with E-state index < -0.39 is 5.60 Å². The summed E-state index contributed by atoms with van der Waals surface area (Å²) in [6, 6.07) is 10.0. The predicted octanol–water partition coefficient (Wildman–Crippen LogP) is 2.91. The SMILES string of the molecule is O[C@]1(c2ccccc2)CCC[C@]2(C1)OCCS2. The van der Waals surface area contributed by atoms with Crippen LogP contribution < -0.4 is 0 Å². The molecule has 1 aromatic carbocycles. The molecule has 2 nitrogen and oxygen atoms in total. The molecule has 1 aromatic rings. The Balaban J connectivity index is 1.87. The van der Waals surface area contributed by atoms with Gasteiger partial charge < -0.3 is 9.84 Å². The molecule has 0 bridgehead atoms. The average molecular weight is 250 g/mol. The number of benzene rings is 1. The Hall–Kier alpha value is -0.510. The first-order valence-electron chi connectivity index (χ1n) is 6.28. The van der Waals surface area contributed by atoms with Crippen LogP contribution in [0, 0.1) is 0 Å². The molecule has 1 saturated carbocycles. The summed E-state index contributed by atoms with van der Waals surface area (Å²) in [5.41, 5.74) is 0.340. The number of thioether (sulfide) groups is 1. The quantitative estimate of drug-likeness (QED) is 0.831. The zero-order chi connectivity index (χ0) is 11.8. The Kier molecular flexibility index (Phi) is 2.93. The Labute approximate surface area is 106 Å². The monoisotopic (exact) mass is 250 g/mol. The molecule has 0 unspecified atom stereocenters. The largest absolute Gasteiger partial charge is 0.385 e. The highest BCUT2D eigenvalue weighted by Crippen LogP contribution is 2.51. The summed E-state index contributed by atoms with van der Waals surface area (Å²) in [4.78, 5) is -0.122. The van der Waals surface area contributed by atoms with E-state index in [-0.39, 0.29) is 4.93 Å². The second kappa shape index (κ2) is 4.30. The van der Waals surface area contributed by atoms with Crippen LogP contribution in [0.3, 0.4) is 0 Å². The molecule has 3 rings (SSSR count). The van der Waals surface area contributed by atoms with Crippen LogP contribution in [-0.2, 0) is 10.3 Å². The minimum absolute atomic E-state index is 0.122. The molecule has 1 heterocycles. The van der Waals surface area contributed by atoms with E-state index in [0.29, 0.717) is 0 Å². The van der Waals surface area contributed by atoms with Gasteiger partial charge in [0.1, 0.15) is 4.93 Å². The van der Waals surface area contributed by atoms with Crippen LogP contribution >= 0.6 is 11.8 Å². The van der Waals surface area contributed by atoms with Crippen LogP contribution in [-0.4, -0.2) is 22.4 Å². The van der Waals surface area contributed by atoms with E-state index in [4.69, 9.17) is 4.74 Å². The van der Waals surface area contributed by atoms with Crippen LogP contribution in [0.15, 0.2) is 30.3 Å². The van der Waals surface area contributed by atoms with Crippen LogP contribution in [0.5, 0.6) is 0 Å². The van der Waals surface area contributed by atoms with Crippen LogP contribution in [0.1, 0.15) is 31.2 Å². The van der Waals surface area contributed by atoms with Gasteiger partial charge in [-0.05, 0) is 24.8 Å². The molecule has 1 spiro atoms. The lowest BCUT2D eigenvalue weighted by atomic mass is 9.78. The number of aliphatic hydroxyl groups is 1. The van der Waals surface area contributed by atoms with Gasteiger partial charge in [0.15, 0.2) is 0 Å². The van der Waals surface area contributed by atoms with Crippen molar-refractivity contribution in [3.63, 3.8) is 0 Å². The Bertz CT molecular complexity index is 386. The summed E-state index contributed by atoms with van der Waals surface area (Å²) < 4.78 is 5.90. The van der Waals surface area contributed by atoms with Gasteiger partial charge in [0.2, 0.25) is 0 Å². The van der Waals surface area contributed by atoms with Crippen LogP contribution in [0.25, 0.3) is 0 Å². The Morgan fingerprint density at radius 1 is 1.18 bits per heavy atom. The highest BCUT2D eigenvalue weighted by molar-refractivity contribution is 8.00. The van der Waals surface area contributed by atoms with E-state index in [1.807, 2.05) is 42.1 Å². The van der Waals surface area contributed by atoms with Gasteiger partial charge in [-0.15, -0.1) is 11.8 Å². The molecule has 0 radical (unpaired) electrons. The standard InChI is InChI=1S/C14H18O2S/c15-13(12-5-2-1-3-6-12)7-4-8-14(11-13)16-9-10-17-14/h1-3,5-6,15H,4,7-11H2/t13-,14+/m1/s1. The summed E-state index contributed by atoms with van der Waals surface area (Å²) in [7, 11) is 0. The number of ether oxygens (including phenoxy) is 1. The third-order valence-corrected chi connectivity index (χ3v) is 5.20. The van der Waals surface area contributed by atoms with Crippen molar-refractivity contribution in [1.82, 2.24) is 0 Å². The van der Waals surface area contributed by atoms with E-state index in [9.17, 15) is 5.11 Å². The lowest BCUT2D eigenvalue weighted by Gasteiger charge is -2.42. The van der Waals surface area contributed by atoms with Crippen molar-refractivity contribution in [3.05, 3.63) is 35.9 Å². The predicted molar refractivity (Wildman–Crippen MR) is 69.9 cm³/mol. The molecule has 92 valence electrons. The zero-order valence-corrected chi connectivity index (χ0v) is 10.7. The second-order valence-electron chi connectivity index (χ2n) is 5.04. The summed E-state index contributed by atoms with van der Waals surface area (Å²) in [5.74, 6) is 1.06. The summed E-state index contributed by atoms with van der Waals surface area (Å²) in [5, 5.41) is 10.9. The minimum Gasteiger partial charge on any atom is -0.385 e. The van der Waals surface area contributed by atoms with Crippen LogP contribution in [0.4, 0.5) is 0 Å². The van der Waals surface area contributed by atoms with Gasteiger partial charge in [-0.2, -0.15) is 0 Å². The van der Waals surface area contributed by atoms with Crippen molar-refractivity contribution >= 4 is 11.8 Å². The zero-order valence-electron chi connectivity index (χ0n) is 9.89. The molecule has 17 heavy (non-hydrogen) atoms. The van der Waals surface area contributed by atoms with Crippen molar-refractivity contribution in [3.8, 4) is 0 Å². The number of rotatable bonds is 1. The van der Waals surface area contributed by atoms with E-state index in [0.717, 1.165) is 43.6 Å². The fraction of sp³-hybridized carbons (Fsp3) is 0.571. The van der Waals surface area contributed by atoms with Gasteiger partial charge >= 0.3 is 0 Å². The molecular formula is C14H18O2S. The lowest BCUT2D eigenvalue weighted by molar-refractivity contribution is -0.0829. The Morgan fingerprint density at radius 2 is 2.00 bits per heavy atom. The van der Waals surface area contributed by atoms with Gasteiger partial charge in [-0.1, -0.05) is 30.3 Å². The molecule has 1 aliphatic carbocycles. The maximum atomic E-state index is 10.9. The van der Waals surface area contributed by atoms with Crippen molar-refractivity contribution in [2.75, 3.05) is 12.4 Å². The molecule has 1 N–H and O–H groups in total. The molecule has 2 atom stereocenters. The third kappa shape index (κ3) is 2.12. The van der Waals surface area contributed by atoms with Crippen molar-refractivity contribution < 1.29 is 9.84 Å². The maximum Gasteiger partial charge on any atom is 0.116 e. The first-order chi connectivity index (χ1) is 8.23. The second-order valence-corrected chi connectivity index (χ2v) is 6.48. The molecule has 0 aromatic heterocycles. The molecule has 1 saturated heterocycles. The number of hydrogen-bond acceptors (Lipinski definition) is 3. The maximum absolute atomic E-state index is 10.9. The normalized spacial score (nSPS) is 37.5. The molecular weight excluding hydrogens is 232 g/mol. The third-order valence-electron chi connectivity index (χ3n) is 3.83. The van der Waals surface area contributed by atoms with Gasteiger partial charge in [-0.3, -0.25) is 0 Å². The summed E-state index contributed by atoms with van der Waals surface area (Å²) in [6.45, 7) is 0.829. The molecule has 1 aliphatic heterocycles. The minimum atomic E-state index is -0.698. The van der Waals surface area contributed by atoms with Crippen molar-refractivity contribution in [1.29, 1.82) is 0 Å². The summed E-state index contributed by atoms with van der Waals surface area (Å²) in [6.07, 6.45) is 3.70. The van der Waals surface area contributed by atoms with E-state index in [1.165, 1.54) is 0 Å². The topological polar surface area (TPSA) is 29.5 Å². The first kappa shape index (κ1) is 11.6. The van der Waals surface area contributed by atoms with Gasteiger partial charge in [0, 0.05) is 12.2 Å². The van der Waals surface area contributed by atoms with Gasteiger partial charge in [-0.25, -0.2) is 0 Å². The smallest absolute Gasteiger partial charge is 0.116 e. The Morgan fingerprint density at radius 3 is 2.71 bits per heavy atom. The first-order valence-corrected chi connectivity index (χ1v) is 7.27. The van der Waals surface area contributed by atoms with Crippen LogP contribution in [0.2, 0.25) is 0 Å². The highest BCUT2D eigenvalue weighted by Gasteiger charge is 2.47. The fourth-order valence-corrected chi connectivity index (χ4v) is 4.35. The van der Waals surface area contributed by atoms with E-state index >= 15 is 0 Å². The number of hydrogen-bond donors (Lipinski definition) is 1. The highest BCUT2D eigenvalue weighted by atomic mass is 32.2. The molecule has 3 heteroatoms. The summed E-state index contributed by atoms with van der Waals surface area (Å²) >= 11 is 1.88. The van der Waals surface area contributed by atoms with E-state index in [1.54, 1.807) is 0 Å². The molecule has 2 aliphatic rings. The average Bonchev–Trinajstić information content (AvgIpc) is 2.78. The van der Waals surface area contributed by atoms with Gasteiger partial charge in [0.25, 0.3) is 0 Å². The molecule has 2 fully saturated rings.